The summed E-state index contributed by atoms with van der Waals surface area (Å²) in [7, 11) is 0. The number of hydrogen-bond donors (Lipinski definition) is 5. The lowest BCUT2D eigenvalue weighted by molar-refractivity contribution is -0.146. The SMILES string of the molecule is CC(O)C(NC(=O)C1CCCN1C(=O)C(N)CS)C(=O)O. The van der Waals surface area contributed by atoms with E-state index in [-0.39, 0.29) is 11.7 Å². The number of nitrogens with two attached hydrogens (primary N) is 1. The van der Waals surface area contributed by atoms with Crippen LogP contribution in [0, 0.1) is 0 Å². The van der Waals surface area contributed by atoms with Gasteiger partial charge in [-0.05, 0) is 19.8 Å². The first-order valence-electron chi connectivity index (χ1n) is 6.67. The van der Waals surface area contributed by atoms with Crippen molar-refractivity contribution in [3.8, 4) is 0 Å². The number of thiol groups is 1. The van der Waals surface area contributed by atoms with E-state index in [2.05, 4.69) is 17.9 Å². The van der Waals surface area contributed by atoms with E-state index in [1.807, 2.05) is 0 Å². The Bertz CT molecular complexity index is 418. The number of amides is 2. The van der Waals surface area contributed by atoms with Crippen LogP contribution in [-0.4, -0.2) is 69.4 Å². The molecule has 0 aromatic rings. The molecule has 1 saturated heterocycles. The third-order valence-electron chi connectivity index (χ3n) is 3.40. The minimum atomic E-state index is -1.41. The van der Waals surface area contributed by atoms with Gasteiger partial charge in [0, 0.05) is 12.3 Å². The topological polar surface area (TPSA) is 133 Å². The maximum atomic E-state index is 12.2. The van der Waals surface area contributed by atoms with Gasteiger partial charge in [0.25, 0.3) is 0 Å². The van der Waals surface area contributed by atoms with E-state index in [1.165, 1.54) is 11.8 Å². The minimum Gasteiger partial charge on any atom is -0.480 e. The second kappa shape index (κ2) is 7.62. The molecule has 9 heteroatoms. The maximum Gasteiger partial charge on any atom is 0.328 e. The molecule has 21 heavy (non-hydrogen) atoms. The number of nitrogens with one attached hydrogen (secondary N) is 1. The third-order valence-corrected chi connectivity index (χ3v) is 3.79. The van der Waals surface area contributed by atoms with Crippen LogP contribution < -0.4 is 11.1 Å². The monoisotopic (exact) mass is 319 g/mol. The van der Waals surface area contributed by atoms with Crippen molar-refractivity contribution >= 4 is 30.4 Å². The van der Waals surface area contributed by atoms with Gasteiger partial charge in [0.05, 0.1) is 12.1 Å². The summed E-state index contributed by atoms with van der Waals surface area (Å²) in [6.07, 6.45) is -0.171. The molecule has 1 aliphatic heterocycles. The Hall–Kier alpha value is -1.32. The number of aliphatic carboxylic acids is 1. The molecule has 2 amide bonds. The Morgan fingerprint density at radius 1 is 1.48 bits per heavy atom. The number of hydrogen-bond acceptors (Lipinski definition) is 6. The van der Waals surface area contributed by atoms with E-state index < -0.39 is 36.1 Å². The van der Waals surface area contributed by atoms with Crippen molar-refractivity contribution in [1.29, 1.82) is 0 Å². The van der Waals surface area contributed by atoms with E-state index >= 15 is 0 Å². The maximum absolute atomic E-state index is 12.2. The molecule has 0 bridgehead atoms. The van der Waals surface area contributed by atoms with Crippen LogP contribution in [0.2, 0.25) is 0 Å². The van der Waals surface area contributed by atoms with E-state index in [0.717, 1.165) is 0 Å². The van der Waals surface area contributed by atoms with Crippen molar-refractivity contribution < 1.29 is 24.6 Å². The minimum absolute atomic E-state index is 0.162. The summed E-state index contributed by atoms with van der Waals surface area (Å²) in [6, 6.07) is -2.97. The van der Waals surface area contributed by atoms with E-state index in [9.17, 15) is 19.5 Å². The first-order chi connectivity index (χ1) is 9.79. The molecule has 120 valence electrons. The smallest absolute Gasteiger partial charge is 0.328 e. The van der Waals surface area contributed by atoms with Gasteiger partial charge in [-0.1, -0.05) is 0 Å². The molecular formula is C12H21N3O5S. The van der Waals surface area contributed by atoms with Gasteiger partial charge >= 0.3 is 5.97 Å². The second-order valence-corrected chi connectivity index (χ2v) is 5.41. The van der Waals surface area contributed by atoms with Crippen LogP contribution in [0.4, 0.5) is 0 Å². The summed E-state index contributed by atoms with van der Waals surface area (Å²) in [4.78, 5) is 36.5. The summed E-state index contributed by atoms with van der Waals surface area (Å²) < 4.78 is 0. The molecule has 5 N–H and O–H groups in total. The van der Waals surface area contributed by atoms with Gasteiger partial charge in [-0.25, -0.2) is 4.79 Å². The van der Waals surface area contributed by atoms with Gasteiger partial charge in [0.15, 0.2) is 6.04 Å². The van der Waals surface area contributed by atoms with Gasteiger partial charge in [-0.3, -0.25) is 9.59 Å². The highest BCUT2D eigenvalue weighted by Crippen LogP contribution is 2.18. The molecule has 8 nitrogen and oxygen atoms in total. The predicted molar refractivity (Wildman–Crippen MR) is 77.8 cm³/mol. The van der Waals surface area contributed by atoms with Crippen LogP contribution in [0.15, 0.2) is 0 Å². The molecule has 0 radical (unpaired) electrons. The molecule has 1 heterocycles. The number of carbonyl (C=O) groups excluding carboxylic acids is 2. The molecule has 0 saturated carbocycles. The van der Waals surface area contributed by atoms with Crippen molar-refractivity contribution in [3.05, 3.63) is 0 Å². The van der Waals surface area contributed by atoms with Crippen molar-refractivity contribution in [2.75, 3.05) is 12.3 Å². The normalized spacial score (nSPS) is 22.5. The highest BCUT2D eigenvalue weighted by atomic mass is 32.1. The molecule has 4 atom stereocenters. The van der Waals surface area contributed by atoms with Gasteiger partial charge in [-0.2, -0.15) is 12.6 Å². The Labute approximate surface area is 128 Å². The van der Waals surface area contributed by atoms with Gasteiger partial charge in [0.2, 0.25) is 11.8 Å². The zero-order valence-corrected chi connectivity index (χ0v) is 12.6. The average Bonchev–Trinajstić information content (AvgIpc) is 2.91. The third kappa shape index (κ3) is 4.32. The molecule has 0 aromatic heterocycles. The van der Waals surface area contributed by atoms with Crippen LogP contribution in [0.25, 0.3) is 0 Å². The molecule has 4 unspecified atom stereocenters. The summed E-state index contributed by atoms with van der Waals surface area (Å²) in [5.74, 6) is -2.15. The average molecular weight is 319 g/mol. The Morgan fingerprint density at radius 2 is 2.10 bits per heavy atom. The van der Waals surface area contributed by atoms with Crippen molar-refractivity contribution in [1.82, 2.24) is 10.2 Å². The summed E-state index contributed by atoms with van der Waals surface area (Å²) >= 11 is 3.95. The zero-order chi connectivity index (χ0) is 16.2. The number of aliphatic hydroxyl groups is 1. The van der Waals surface area contributed by atoms with Gasteiger partial charge < -0.3 is 26.2 Å². The van der Waals surface area contributed by atoms with Crippen LogP contribution in [0.3, 0.4) is 0 Å². The van der Waals surface area contributed by atoms with Crippen molar-refractivity contribution in [2.45, 2.75) is 44.0 Å². The Kier molecular flexibility index (Phi) is 6.43. The molecule has 0 aliphatic carbocycles. The van der Waals surface area contributed by atoms with Crippen molar-refractivity contribution in [3.63, 3.8) is 0 Å². The molecule has 1 rings (SSSR count). The number of carbonyl (C=O) groups is 3. The standard InChI is InChI=1S/C12H21N3O5S/c1-6(16)9(12(19)20)14-10(17)8-3-2-4-15(8)11(18)7(13)5-21/h6-9,16,21H,2-5,13H2,1H3,(H,14,17)(H,19,20). The summed E-state index contributed by atoms with van der Waals surface area (Å²) in [5.41, 5.74) is 5.62. The van der Waals surface area contributed by atoms with Crippen LogP contribution >= 0.6 is 12.6 Å². The van der Waals surface area contributed by atoms with Crippen LogP contribution in [-0.2, 0) is 14.4 Å². The van der Waals surface area contributed by atoms with E-state index in [0.29, 0.717) is 19.4 Å². The molecule has 0 aromatic carbocycles. The fourth-order valence-corrected chi connectivity index (χ4v) is 2.39. The number of aliphatic hydroxyl groups excluding tert-OH is 1. The van der Waals surface area contributed by atoms with Crippen LogP contribution in [0.5, 0.6) is 0 Å². The Morgan fingerprint density at radius 3 is 2.57 bits per heavy atom. The second-order valence-electron chi connectivity index (χ2n) is 5.04. The number of carboxylic acid groups (broad SMARTS) is 1. The summed E-state index contributed by atoms with van der Waals surface area (Å²) in [6.45, 7) is 1.66. The largest absolute Gasteiger partial charge is 0.480 e. The highest BCUT2D eigenvalue weighted by molar-refractivity contribution is 7.80. The first kappa shape index (κ1) is 17.7. The molecular weight excluding hydrogens is 298 g/mol. The highest BCUT2D eigenvalue weighted by Gasteiger charge is 2.37. The predicted octanol–water partition coefficient (Wildman–Crippen LogP) is -1.82. The zero-order valence-electron chi connectivity index (χ0n) is 11.7. The van der Waals surface area contributed by atoms with Gasteiger partial charge in [0.1, 0.15) is 6.04 Å². The molecule has 1 fully saturated rings. The molecule has 0 spiro atoms. The van der Waals surface area contributed by atoms with E-state index in [4.69, 9.17) is 10.8 Å². The lowest BCUT2D eigenvalue weighted by atomic mass is 10.1. The molecule has 1 aliphatic rings. The Balaban J connectivity index is 2.76. The summed E-state index contributed by atoms with van der Waals surface area (Å²) in [5, 5.41) is 20.6. The number of rotatable bonds is 6. The fourth-order valence-electron chi connectivity index (χ4n) is 2.23. The quantitative estimate of drug-likeness (QED) is 0.366. The van der Waals surface area contributed by atoms with Gasteiger partial charge in [-0.15, -0.1) is 0 Å². The number of carboxylic acids is 1. The van der Waals surface area contributed by atoms with E-state index in [1.54, 1.807) is 0 Å². The lowest BCUT2D eigenvalue weighted by Crippen LogP contribution is -2.56. The fraction of sp³-hybridized carbons (Fsp3) is 0.750. The number of nitrogens with zero attached hydrogens (tertiary/aromatic N) is 1. The first-order valence-corrected chi connectivity index (χ1v) is 7.31. The van der Waals surface area contributed by atoms with Crippen LogP contribution in [0.1, 0.15) is 19.8 Å². The number of likely N-dealkylation sites (tertiary alicyclic amines) is 1. The lowest BCUT2D eigenvalue weighted by Gasteiger charge is -2.27. The van der Waals surface area contributed by atoms with Crippen molar-refractivity contribution in [2.24, 2.45) is 5.73 Å².